The molecule has 167 valence electrons. The van der Waals surface area contributed by atoms with Crippen LogP contribution >= 0.6 is 0 Å². The van der Waals surface area contributed by atoms with Gasteiger partial charge in [-0.1, -0.05) is 54.6 Å². The summed E-state index contributed by atoms with van der Waals surface area (Å²) < 4.78 is 21.8. The fourth-order valence-corrected chi connectivity index (χ4v) is 3.13. The van der Waals surface area contributed by atoms with Gasteiger partial charge in [0.1, 0.15) is 5.69 Å². The molecule has 0 saturated heterocycles. The van der Waals surface area contributed by atoms with Crippen LogP contribution in [0.25, 0.3) is 38.5 Å². The summed E-state index contributed by atoms with van der Waals surface area (Å²) in [4.78, 5) is 11.9. The Morgan fingerprint density at radius 3 is 2.12 bits per heavy atom. The van der Waals surface area contributed by atoms with E-state index in [0.717, 1.165) is 16.8 Å². The summed E-state index contributed by atoms with van der Waals surface area (Å²) in [5.74, 6) is 0. The van der Waals surface area contributed by atoms with E-state index in [9.17, 15) is 0 Å². The Hall–Kier alpha value is -3.90. The number of aryl methyl sites for hydroxylation is 1. The molecule has 3 nitrogen and oxygen atoms in total. The molecule has 0 N–H and O–H groups in total. The largest absolute Gasteiger partial charge is 0.305 e. The fraction of sp³-hybridized carbons (Fsp3) is 0.0333. The number of nitrogens with zero attached hydrogens (tertiary/aromatic N) is 3. The molecule has 4 heteroatoms. The summed E-state index contributed by atoms with van der Waals surface area (Å²) in [6.45, 7) is 4.77. The van der Waals surface area contributed by atoms with Crippen molar-refractivity contribution in [1.82, 2.24) is 9.97 Å². The Balaban J connectivity index is 0.000000200. The van der Waals surface area contributed by atoms with Crippen molar-refractivity contribution in [3.63, 3.8) is 0 Å². The van der Waals surface area contributed by atoms with Crippen molar-refractivity contribution in [3.8, 4) is 33.6 Å². The third kappa shape index (κ3) is 6.56. The van der Waals surface area contributed by atoms with Gasteiger partial charge in [-0.3, -0.25) is 4.85 Å². The first-order chi connectivity index (χ1) is 17.4. The van der Waals surface area contributed by atoms with Gasteiger partial charge in [0.2, 0.25) is 0 Å². The van der Waals surface area contributed by atoms with Crippen LogP contribution in [0.1, 0.15) is 9.68 Å². The van der Waals surface area contributed by atoms with Crippen molar-refractivity contribution in [3.05, 3.63) is 139 Å². The normalized spacial score (nSPS) is 11.3. The van der Waals surface area contributed by atoms with Gasteiger partial charge < -0.3 is 9.97 Å². The molecule has 34 heavy (non-hydrogen) atoms. The van der Waals surface area contributed by atoms with E-state index in [4.69, 9.17) is 10.7 Å². The van der Waals surface area contributed by atoms with Gasteiger partial charge in [-0.15, -0.1) is 59.7 Å². The summed E-state index contributed by atoms with van der Waals surface area (Å²) in [7, 11) is 0. The third-order valence-electron chi connectivity index (χ3n) is 4.80. The molecule has 0 bridgehead atoms. The van der Waals surface area contributed by atoms with E-state index in [-0.39, 0.29) is 25.7 Å². The van der Waals surface area contributed by atoms with Crippen molar-refractivity contribution in [2.24, 2.45) is 0 Å². The van der Waals surface area contributed by atoms with Gasteiger partial charge in [-0.25, -0.2) is 0 Å². The molecule has 0 amide bonds. The Kier molecular flexibility index (Phi) is 7.53. The molecule has 0 aliphatic heterocycles. The van der Waals surface area contributed by atoms with Gasteiger partial charge >= 0.3 is 0 Å². The second kappa shape index (κ2) is 12.4. The average Bonchev–Trinajstić information content (AvgIpc) is 2.94. The standard InChI is InChI=1S/C17H12N.C13H9N2.Ir/c1-3-7-14(8-4-1)16-11-12-17(18-13-16)15-9-5-2-6-10-15;1-10-6-7-13(15-9-10)11-4-3-5-12(8-11)14-2;/h1-9,11-13H;3-7,9H,1H3;/q2*-1;/i;1D3;. The van der Waals surface area contributed by atoms with E-state index in [0.29, 0.717) is 16.9 Å². The maximum Gasteiger partial charge on any atom is 0.106 e. The van der Waals surface area contributed by atoms with Crippen LogP contribution < -0.4 is 0 Å². The van der Waals surface area contributed by atoms with Crippen molar-refractivity contribution in [1.29, 1.82) is 0 Å². The van der Waals surface area contributed by atoms with Crippen LogP contribution in [0.2, 0.25) is 0 Å². The van der Waals surface area contributed by atoms with Gasteiger partial charge in [0.25, 0.3) is 0 Å². The van der Waals surface area contributed by atoms with Gasteiger partial charge in [0.15, 0.2) is 0 Å². The molecule has 2 heterocycles. The van der Waals surface area contributed by atoms with Crippen molar-refractivity contribution < 1.29 is 24.2 Å². The molecule has 0 fully saturated rings. The minimum Gasteiger partial charge on any atom is -0.305 e. The summed E-state index contributed by atoms with van der Waals surface area (Å²) in [6, 6.07) is 36.7. The van der Waals surface area contributed by atoms with Crippen molar-refractivity contribution in [2.45, 2.75) is 6.85 Å². The quantitative estimate of drug-likeness (QED) is 0.195. The van der Waals surface area contributed by atoms with Gasteiger partial charge in [0, 0.05) is 36.6 Å². The average molecular weight is 619 g/mol. The maximum atomic E-state index is 7.26. The van der Waals surface area contributed by atoms with Gasteiger partial charge in [-0.05, 0) is 34.9 Å². The maximum absolute atomic E-state index is 7.26. The van der Waals surface area contributed by atoms with E-state index >= 15 is 0 Å². The Morgan fingerprint density at radius 1 is 0.735 bits per heavy atom. The zero-order chi connectivity index (χ0) is 25.4. The third-order valence-corrected chi connectivity index (χ3v) is 4.80. The molecule has 0 aliphatic rings. The van der Waals surface area contributed by atoms with Crippen LogP contribution in [0, 0.1) is 25.6 Å². The number of pyridine rings is 2. The zero-order valence-corrected chi connectivity index (χ0v) is 20.5. The second-order valence-corrected chi connectivity index (χ2v) is 7.07. The summed E-state index contributed by atoms with van der Waals surface area (Å²) in [6.07, 6.45) is 3.24. The molecule has 0 atom stereocenters. The molecule has 3 aromatic carbocycles. The molecule has 0 spiro atoms. The number of hydrogen-bond acceptors (Lipinski definition) is 2. The second-order valence-electron chi connectivity index (χ2n) is 7.07. The number of hydrogen-bond donors (Lipinski definition) is 0. The van der Waals surface area contributed by atoms with Crippen LogP contribution in [0.4, 0.5) is 5.69 Å². The first-order valence-electron chi connectivity index (χ1n) is 11.8. The van der Waals surface area contributed by atoms with Crippen LogP contribution in [0.15, 0.2) is 109 Å². The van der Waals surface area contributed by atoms with E-state index < -0.39 is 6.85 Å². The summed E-state index contributed by atoms with van der Waals surface area (Å²) in [5.41, 5.74) is 6.20. The number of rotatable bonds is 3. The summed E-state index contributed by atoms with van der Waals surface area (Å²) >= 11 is 0. The Labute approximate surface area is 218 Å². The molecule has 0 saturated carbocycles. The van der Waals surface area contributed by atoms with Gasteiger partial charge in [0.05, 0.1) is 6.57 Å². The Bertz CT molecular complexity index is 1390. The smallest absolute Gasteiger partial charge is 0.106 e. The molecular formula is C30H21IrN3-2. The first kappa shape index (κ1) is 20.7. The van der Waals surface area contributed by atoms with Crippen LogP contribution in [-0.2, 0) is 20.1 Å². The molecule has 1 radical (unpaired) electrons. The predicted octanol–water partition coefficient (Wildman–Crippen LogP) is 7.62. The van der Waals surface area contributed by atoms with Crippen molar-refractivity contribution in [2.75, 3.05) is 0 Å². The predicted molar refractivity (Wildman–Crippen MR) is 133 cm³/mol. The fourth-order valence-electron chi connectivity index (χ4n) is 3.13. The molecule has 0 aliphatic carbocycles. The van der Waals surface area contributed by atoms with Gasteiger partial charge in [-0.2, -0.15) is 6.07 Å². The Morgan fingerprint density at radius 2 is 1.47 bits per heavy atom. The van der Waals surface area contributed by atoms with E-state index in [1.54, 1.807) is 24.3 Å². The zero-order valence-electron chi connectivity index (χ0n) is 21.1. The van der Waals surface area contributed by atoms with E-state index in [1.165, 1.54) is 17.8 Å². The molecule has 5 aromatic rings. The summed E-state index contributed by atoms with van der Waals surface area (Å²) in [5, 5.41) is 0. The molecular weight excluding hydrogens is 595 g/mol. The topological polar surface area (TPSA) is 30.1 Å². The SMILES string of the molecule is [2H]C([2H])([2H])c1ccc(-c2[c-]c([N+]#[C-])ccc2)nc1.[Ir].[c-]1ccccc1-c1ccc(-c2ccccc2)cn1. The van der Waals surface area contributed by atoms with Crippen LogP contribution in [-0.4, -0.2) is 9.97 Å². The molecule has 2 aromatic heterocycles. The molecule has 5 rings (SSSR count). The van der Waals surface area contributed by atoms with E-state index in [2.05, 4.69) is 45.1 Å². The number of benzene rings is 3. The number of aromatic nitrogens is 2. The van der Waals surface area contributed by atoms with Crippen LogP contribution in [0.5, 0.6) is 0 Å². The monoisotopic (exact) mass is 619 g/mol. The minimum absolute atomic E-state index is 0. The van der Waals surface area contributed by atoms with Crippen LogP contribution in [0.3, 0.4) is 0 Å². The van der Waals surface area contributed by atoms with Crippen molar-refractivity contribution >= 4 is 5.69 Å². The van der Waals surface area contributed by atoms with E-state index in [1.807, 2.05) is 54.7 Å². The first-order valence-corrected chi connectivity index (χ1v) is 10.3. The molecule has 0 unspecified atom stereocenters. The minimum atomic E-state index is -2.15.